The highest BCUT2D eigenvalue weighted by Crippen LogP contribution is 2.22. The number of sulfonamides is 1. The Balaban J connectivity index is 1.34. The number of rotatable bonds is 6. The zero-order valence-electron chi connectivity index (χ0n) is 16.0. The third kappa shape index (κ3) is 3.88. The lowest BCUT2D eigenvalue weighted by Crippen LogP contribution is -2.34. The number of aliphatic imine (C=N–C) groups is 1. The van der Waals surface area contributed by atoms with E-state index in [1.807, 2.05) is 18.3 Å². The molecular formula is C21H22N4O3S. The van der Waals surface area contributed by atoms with E-state index >= 15 is 0 Å². The summed E-state index contributed by atoms with van der Waals surface area (Å²) in [7, 11) is -3.61. The van der Waals surface area contributed by atoms with E-state index in [0.29, 0.717) is 12.1 Å². The first-order valence-electron chi connectivity index (χ1n) is 9.47. The molecule has 1 aliphatic heterocycles. The minimum Gasteiger partial charge on any atom is -0.354 e. The maximum Gasteiger partial charge on any atom is 0.263 e. The molecule has 0 bridgehead atoms. The van der Waals surface area contributed by atoms with Gasteiger partial charge >= 0.3 is 0 Å². The fourth-order valence-corrected chi connectivity index (χ4v) is 4.67. The summed E-state index contributed by atoms with van der Waals surface area (Å²) >= 11 is 0. The molecule has 29 heavy (non-hydrogen) atoms. The van der Waals surface area contributed by atoms with Gasteiger partial charge in [-0.1, -0.05) is 30.3 Å². The molecule has 3 aromatic rings. The number of nitrogens with one attached hydrogen (secondary N) is 2. The average Bonchev–Trinajstić information content (AvgIpc) is 3.24. The molecule has 1 aromatic heterocycles. The number of nitrogens with zero attached hydrogens (tertiary/aromatic N) is 2. The Bertz CT molecular complexity index is 1200. The molecule has 2 heterocycles. The number of aryl methyl sites for hydroxylation is 1. The van der Waals surface area contributed by atoms with E-state index in [2.05, 4.69) is 37.8 Å². The number of amidine groups is 1. The number of aromatic nitrogens is 1. The zero-order chi connectivity index (χ0) is 20.4. The second-order valence-electron chi connectivity index (χ2n) is 6.97. The van der Waals surface area contributed by atoms with Crippen molar-refractivity contribution in [2.75, 3.05) is 6.54 Å². The standard InChI is InChI=1S/C21H22N4O3S/c1-15(23-20-17-8-3-5-10-19(17)29(27,28)24-20)21(26)22-12-6-13-25-14-11-16-7-2-4-9-18(16)25/h2-5,7-11,14-15H,6,12-13H2,1H3,(H,22,26)(H,23,24)/t15-/m1/s1. The molecule has 8 heteroatoms. The minimum atomic E-state index is -3.61. The van der Waals surface area contributed by atoms with Crippen molar-refractivity contribution in [3.05, 3.63) is 66.4 Å². The van der Waals surface area contributed by atoms with E-state index in [4.69, 9.17) is 0 Å². The van der Waals surface area contributed by atoms with Gasteiger partial charge in [0.15, 0.2) is 0 Å². The Morgan fingerprint density at radius 2 is 1.90 bits per heavy atom. The van der Waals surface area contributed by atoms with E-state index < -0.39 is 16.1 Å². The third-order valence-corrected chi connectivity index (χ3v) is 6.32. The maximum absolute atomic E-state index is 12.4. The van der Waals surface area contributed by atoms with Gasteiger partial charge in [0.1, 0.15) is 11.9 Å². The smallest absolute Gasteiger partial charge is 0.263 e. The van der Waals surface area contributed by atoms with Gasteiger partial charge in [0.05, 0.1) is 4.90 Å². The molecule has 0 radical (unpaired) electrons. The second-order valence-corrected chi connectivity index (χ2v) is 8.62. The summed E-state index contributed by atoms with van der Waals surface area (Å²) in [6.45, 7) is 2.96. The van der Waals surface area contributed by atoms with Crippen LogP contribution in [0.5, 0.6) is 0 Å². The van der Waals surface area contributed by atoms with Gasteiger partial charge in [0.2, 0.25) is 5.91 Å². The van der Waals surface area contributed by atoms with Crippen LogP contribution in [0.25, 0.3) is 10.9 Å². The van der Waals surface area contributed by atoms with Crippen molar-refractivity contribution < 1.29 is 13.2 Å². The van der Waals surface area contributed by atoms with Crippen molar-refractivity contribution in [1.29, 1.82) is 0 Å². The molecule has 1 aliphatic rings. The van der Waals surface area contributed by atoms with Gasteiger partial charge < -0.3 is 9.88 Å². The highest BCUT2D eigenvalue weighted by atomic mass is 32.2. The molecule has 2 aromatic carbocycles. The van der Waals surface area contributed by atoms with Crippen LogP contribution in [0.15, 0.2) is 70.7 Å². The summed E-state index contributed by atoms with van der Waals surface area (Å²) in [5, 5.41) is 4.07. The number of hydrogen-bond acceptors (Lipinski definition) is 4. The van der Waals surface area contributed by atoms with Crippen molar-refractivity contribution in [1.82, 2.24) is 14.6 Å². The fourth-order valence-electron chi connectivity index (χ4n) is 3.43. The van der Waals surface area contributed by atoms with Gasteiger partial charge in [-0.3, -0.25) is 14.5 Å². The monoisotopic (exact) mass is 410 g/mol. The van der Waals surface area contributed by atoms with E-state index in [-0.39, 0.29) is 16.6 Å². The lowest BCUT2D eigenvalue weighted by molar-refractivity contribution is -0.121. The first kappa shape index (κ1) is 19.2. The van der Waals surface area contributed by atoms with Crippen molar-refractivity contribution in [2.24, 2.45) is 4.99 Å². The number of carbonyl (C=O) groups excluding carboxylic acids is 1. The van der Waals surface area contributed by atoms with E-state index in [0.717, 1.165) is 13.0 Å². The van der Waals surface area contributed by atoms with Crippen LogP contribution in [0.1, 0.15) is 18.9 Å². The average molecular weight is 410 g/mol. The second kappa shape index (κ2) is 7.71. The SMILES string of the molecule is C[C@@H](N=C1NS(=O)(=O)c2ccccc21)C(=O)NCCCn1ccc2ccccc21. The molecule has 2 N–H and O–H groups in total. The summed E-state index contributed by atoms with van der Waals surface area (Å²) < 4.78 is 28.9. The molecule has 7 nitrogen and oxygen atoms in total. The van der Waals surface area contributed by atoms with Crippen LogP contribution >= 0.6 is 0 Å². The summed E-state index contributed by atoms with van der Waals surface area (Å²) in [6.07, 6.45) is 2.83. The van der Waals surface area contributed by atoms with Crippen molar-refractivity contribution in [3.63, 3.8) is 0 Å². The Morgan fingerprint density at radius 1 is 1.14 bits per heavy atom. The van der Waals surface area contributed by atoms with E-state index in [9.17, 15) is 13.2 Å². The lowest BCUT2D eigenvalue weighted by atomic mass is 10.2. The summed E-state index contributed by atoms with van der Waals surface area (Å²) in [5.41, 5.74) is 1.66. The highest BCUT2D eigenvalue weighted by Gasteiger charge is 2.31. The van der Waals surface area contributed by atoms with E-state index in [1.165, 1.54) is 17.0 Å². The number of amides is 1. The van der Waals surface area contributed by atoms with Crippen LogP contribution in [0.3, 0.4) is 0 Å². The molecule has 0 aliphatic carbocycles. The molecule has 4 rings (SSSR count). The quantitative estimate of drug-likeness (QED) is 0.611. The maximum atomic E-state index is 12.4. The number of hydrogen-bond donors (Lipinski definition) is 2. The van der Waals surface area contributed by atoms with Gasteiger partial charge in [0, 0.05) is 30.4 Å². The number of fused-ring (bicyclic) bond motifs is 2. The Morgan fingerprint density at radius 3 is 2.76 bits per heavy atom. The summed E-state index contributed by atoms with van der Waals surface area (Å²) in [5.74, 6) is -0.0273. The normalized spacial score (nSPS) is 17.1. The van der Waals surface area contributed by atoms with Crippen molar-refractivity contribution in [3.8, 4) is 0 Å². The molecule has 0 saturated heterocycles. The van der Waals surface area contributed by atoms with Gasteiger partial charge in [0.25, 0.3) is 10.0 Å². The molecule has 1 amide bonds. The Labute approximate surface area is 169 Å². The van der Waals surface area contributed by atoms with Crippen LogP contribution in [-0.4, -0.2) is 37.3 Å². The highest BCUT2D eigenvalue weighted by molar-refractivity contribution is 7.90. The fraction of sp³-hybridized carbons (Fsp3) is 0.238. The molecule has 1 atom stereocenters. The minimum absolute atomic E-state index is 0.185. The van der Waals surface area contributed by atoms with Gasteiger partial charge in [-0.05, 0) is 43.0 Å². The predicted octanol–water partition coefficient (Wildman–Crippen LogP) is 2.27. The largest absolute Gasteiger partial charge is 0.354 e. The van der Waals surface area contributed by atoms with Crippen LogP contribution < -0.4 is 10.0 Å². The third-order valence-electron chi connectivity index (χ3n) is 4.92. The molecule has 0 spiro atoms. The summed E-state index contributed by atoms with van der Waals surface area (Å²) in [6, 6.07) is 16.1. The Kier molecular flexibility index (Phi) is 5.10. The van der Waals surface area contributed by atoms with Crippen LogP contribution in [0.4, 0.5) is 0 Å². The van der Waals surface area contributed by atoms with Crippen molar-refractivity contribution >= 4 is 32.7 Å². The number of para-hydroxylation sites is 1. The number of carbonyl (C=O) groups is 1. The van der Waals surface area contributed by atoms with Crippen LogP contribution in [-0.2, 0) is 21.4 Å². The topological polar surface area (TPSA) is 92.6 Å². The number of benzene rings is 2. The first-order valence-corrected chi connectivity index (χ1v) is 11.0. The lowest BCUT2D eigenvalue weighted by Gasteiger charge is -2.10. The van der Waals surface area contributed by atoms with Gasteiger partial charge in [-0.15, -0.1) is 0 Å². The predicted molar refractivity (Wildman–Crippen MR) is 112 cm³/mol. The zero-order valence-corrected chi connectivity index (χ0v) is 16.8. The van der Waals surface area contributed by atoms with Crippen LogP contribution in [0.2, 0.25) is 0 Å². The van der Waals surface area contributed by atoms with Crippen molar-refractivity contribution in [2.45, 2.75) is 30.8 Å². The molecular weight excluding hydrogens is 388 g/mol. The van der Waals surface area contributed by atoms with Gasteiger partial charge in [-0.25, -0.2) is 8.42 Å². The first-order chi connectivity index (χ1) is 14.0. The van der Waals surface area contributed by atoms with Crippen LogP contribution in [0, 0.1) is 0 Å². The molecule has 150 valence electrons. The molecule has 0 saturated carbocycles. The van der Waals surface area contributed by atoms with E-state index in [1.54, 1.807) is 25.1 Å². The molecule has 0 fully saturated rings. The van der Waals surface area contributed by atoms with Gasteiger partial charge in [-0.2, -0.15) is 0 Å². The summed E-state index contributed by atoms with van der Waals surface area (Å²) in [4.78, 5) is 16.9. The Hall–Kier alpha value is -3.13. The molecule has 0 unspecified atom stereocenters.